The Kier molecular flexibility index (Phi) is 8.91. The number of nitrogens with zero attached hydrogens (tertiary/aromatic N) is 3. The third-order valence-corrected chi connectivity index (χ3v) is 7.32. The molecule has 1 N–H and O–H groups in total. The molecular weight excluding hydrogens is 506 g/mol. The van der Waals surface area contributed by atoms with E-state index in [1.165, 1.54) is 18.2 Å². The van der Waals surface area contributed by atoms with Gasteiger partial charge < -0.3 is 19.1 Å². The highest BCUT2D eigenvalue weighted by Gasteiger charge is 2.28. The molecule has 0 spiro atoms. The Bertz CT molecular complexity index is 1340. The highest BCUT2D eigenvalue weighted by molar-refractivity contribution is 6.09. The van der Waals surface area contributed by atoms with E-state index >= 15 is 0 Å². The maximum atomic E-state index is 13.1. The van der Waals surface area contributed by atoms with Crippen molar-refractivity contribution in [3.05, 3.63) is 113 Å². The zero-order valence-corrected chi connectivity index (χ0v) is 22.9. The summed E-state index contributed by atoms with van der Waals surface area (Å²) in [5.41, 5.74) is 3.44. The molecule has 2 heterocycles. The van der Waals surface area contributed by atoms with Crippen LogP contribution in [0, 0.1) is 6.92 Å². The molecule has 0 radical (unpaired) electrons. The quantitative estimate of drug-likeness (QED) is 0.280. The average molecular weight is 542 g/mol. The number of ketones is 1. The normalized spacial score (nSPS) is 15.2. The van der Waals surface area contributed by atoms with E-state index in [2.05, 4.69) is 63.5 Å². The van der Waals surface area contributed by atoms with Gasteiger partial charge in [-0.25, -0.2) is 0 Å². The van der Waals surface area contributed by atoms with Crippen molar-refractivity contribution in [3.8, 4) is 11.6 Å². The van der Waals surface area contributed by atoms with Gasteiger partial charge in [-0.2, -0.15) is 0 Å². The molecule has 0 saturated carbocycles. The fraction of sp³-hybridized carbons (Fsp3) is 0.312. The van der Waals surface area contributed by atoms with E-state index < -0.39 is 6.10 Å². The van der Waals surface area contributed by atoms with E-state index in [1.807, 2.05) is 12.1 Å². The molecular formula is C32H35N3O5. The summed E-state index contributed by atoms with van der Waals surface area (Å²) in [6.07, 6.45) is -0.708. The third-order valence-electron chi connectivity index (χ3n) is 7.32. The molecule has 1 saturated heterocycles. The first kappa shape index (κ1) is 27.6. The number of β-amino-alcohol motifs (C(OH)–C–C–N with tert-alkyl or cyclic N) is 1. The molecule has 8 nitrogen and oxygen atoms in total. The number of ether oxygens (including phenoxy) is 2. The van der Waals surface area contributed by atoms with Crippen LogP contribution >= 0.6 is 0 Å². The number of rotatable bonds is 11. The van der Waals surface area contributed by atoms with E-state index in [4.69, 9.17) is 14.0 Å². The van der Waals surface area contributed by atoms with Crippen LogP contribution < -0.4 is 9.47 Å². The van der Waals surface area contributed by atoms with Gasteiger partial charge in [0, 0.05) is 32.7 Å². The summed E-state index contributed by atoms with van der Waals surface area (Å²) in [7, 11) is 1.47. The smallest absolute Gasteiger partial charge is 0.257 e. The van der Waals surface area contributed by atoms with Crippen LogP contribution in [0.25, 0.3) is 0 Å². The lowest BCUT2D eigenvalue weighted by molar-refractivity contribution is 0.0398. The number of aliphatic hydroxyl groups is 1. The number of para-hydroxylation sites is 1. The van der Waals surface area contributed by atoms with Gasteiger partial charge in [0.25, 0.3) is 5.88 Å². The second kappa shape index (κ2) is 12.9. The Morgan fingerprint density at radius 2 is 1.52 bits per heavy atom. The Morgan fingerprint density at radius 1 is 0.925 bits per heavy atom. The zero-order valence-electron chi connectivity index (χ0n) is 22.9. The molecule has 3 aromatic carbocycles. The lowest BCUT2D eigenvalue weighted by Crippen LogP contribution is -2.50. The standard InChI is InChI=1S/C32H35N3O5/c1-23-31(40-33-32(23)38-2)30(37)27-15-9-10-16-28(27)39-22-26(36)21-34-17-19-35(20-18-34)29(24-11-5-3-6-12-24)25-13-7-4-8-14-25/h3-16,26,29,36H,17-22H2,1-2H3. The number of aliphatic hydroxyl groups excluding tert-OH is 1. The highest BCUT2D eigenvalue weighted by Crippen LogP contribution is 2.30. The summed E-state index contributed by atoms with van der Waals surface area (Å²) in [4.78, 5) is 17.9. The predicted molar refractivity (Wildman–Crippen MR) is 152 cm³/mol. The molecule has 5 rings (SSSR count). The molecule has 8 heteroatoms. The van der Waals surface area contributed by atoms with Gasteiger partial charge in [-0.15, -0.1) is 0 Å². The van der Waals surface area contributed by atoms with E-state index in [-0.39, 0.29) is 30.1 Å². The minimum absolute atomic E-state index is 0.0693. The molecule has 1 aromatic heterocycles. The van der Waals surface area contributed by atoms with Crippen LogP contribution in [0.1, 0.15) is 38.9 Å². The summed E-state index contributed by atoms with van der Waals surface area (Å²) < 4.78 is 16.3. The molecule has 0 aliphatic carbocycles. The minimum atomic E-state index is -0.708. The first-order chi connectivity index (χ1) is 19.5. The summed E-state index contributed by atoms with van der Waals surface area (Å²) >= 11 is 0. The molecule has 0 bridgehead atoms. The third kappa shape index (κ3) is 6.25. The van der Waals surface area contributed by atoms with Crippen molar-refractivity contribution in [1.29, 1.82) is 0 Å². The number of carbonyl (C=O) groups excluding carboxylic acids is 1. The largest absolute Gasteiger partial charge is 0.490 e. The van der Waals surface area contributed by atoms with Gasteiger partial charge in [0.15, 0.2) is 0 Å². The lowest BCUT2D eigenvalue weighted by atomic mass is 9.96. The number of aromatic nitrogens is 1. The van der Waals surface area contributed by atoms with Gasteiger partial charge in [0.1, 0.15) is 18.5 Å². The second-order valence-electron chi connectivity index (χ2n) is 10.00. The maximum Gasteiger partial charge on any atom is 0.257 e. The summed E-state index contributed by atoms with van der Waals surface area (Å²) in [6.45, 7) is 5.74. The predicted octanol–water partition coefficient (Wildman–Crippen LogP) is 4.37. The molecule has 1 unspecified atom stereocenters. The van der Waals surface area contributed by atoms with Crippen molar-refractivity contribution in [2.45, 2.75) is 19.1 Å². The topological polar surface area (TPSA) is 88.3 Å². The maximum absolute atomic E-state index is 13.1. The summed E-state index contributed by atoms with van der Waals surface area (Å²) in [6, 6.07) is 28.4. The van der Waals surface area contributed by atoms with Crippen molar-refractivity contribution < 1.29 is 23.9 Å². The summed E-state index contributed by atoms with van der Waals surface area (Å²) in [5.74, 6) is 0.423. The van der Waals surface area contributed by atoms with Crippen molar-refractivity contribution in [1.82, 2.24) is 15.0 Å². The molecule has 1 fully saturated rings. The van der Waals surface area contributed by atoms with Crippen LogP contribution in [-0.4, -0.2) is 78.4 Å². The van der Waals surface area contributed by atoms with Crippen molar-refractivity contribution in [2.24, 2.45) is 0 Å². The Balaban J connectivity index is 1.17. The number of carbonyl (C=O) groups is 1. The number of hydrogen-bond donors (Lipinski definition) is 1. The molecule has 40 heavy (non-hydrogen) atoms. The van der Waals surface area contributed by atoms with Crippen LogP contribution in [0.4, 0.5) is 0 Å². The number of benzene rings is 3. The first-order valence-electron chi connectivity index (χ1n) is 13.6. The van der Waals surface area contributed by atoms with E-state index in [1.54, 1.807) is 31.2 Å². The Hall–Kier alpha value is -3.98. The Morgan fingerprint density at radius 3 is 2.12 bits per heavy atom. The van der Waals surface area contributed by atoms with Crippen molar-refractivity contribution in [2.75, 3.05) is 46.4 Å². The van der Waals surface area contributed by atoms with E-state index in [0.29, 0.717) is 23.4 Å². The van der Waals surface area contributed by atoms with Gasteiger partial charge >= 0.3 is 0 Å². The zero-order chi connectivity index (χ0) is 27.9. The van der Waals surface area contributed by atoms with Gasteiger partial charge in [-0.3, -0.25) is 14.6 Å². The van der Waals surface area contributed by atoms with Gasteiger partial charge in [0.05, 0.1) is 24.3 Å². The SMILES string of the molecule is COc1noc(C(=O)c2ccccc2OCC(O)CN2CCN(C(c3ccccc3)c3ccccc3)CC2)c1C. The van der Waals surface area contributed by atoms with Crippen LogP contribution in [0.3, 0.4) is 0 Å². The Labute approximate surface area is 234 Å². The van der Waals surface area contributed by atoms with Crippen molar-refractivity contribution >= 4 is 5.78 Å². The average Bonchev–Trinajstić information content (AvgIpc) is 3.38. The lowest BCUT2D eigenvalue weighted by Gasteiger charge is -2.40. The number of hydrogen-bond acceptors (Lipinski definition) is 8. The fourth-order valence-electron chi connectivity index (χ4n) is 5.25. The fourth-order valence-corrected chi connectivity index (χ4v) is 5.25. The molecule has 1 aliphatic rings. The number of piperazine rings is 1. The molecule has 208 valence electrons. The second-order valence-corrected chi connectivity index (χ2v) is 10.00. The van der Waals surface area contributed by atoms with Crippen LogP contribution in [0.15, 0.2) is 89.5 Å². The number of methoxy groups -OCH3 is 1. The first-order valence-corrected chi connectivity index (χ1v) is 13.6. The van der Waals surface area contributed by atoms with Gasteiger partial charge in [-0.05, 0) is 35.3 Å². The van der Waals surface area contributed by atoms with Gasteiger partial charge in [-0.1, -0.05) is 72.8 Å². The monoisotopic (exact) mass is 541 g/mol. The van der Waals surface area contributed by atoms with Crippen LogP contribution in [0.2, 0.25) is 0 Å². The van der Waals surface area contributed by atoms with E-state index in [0.717, 1.165) is 26.2 Å². The van der Waals surface area contributed by atoms with Crippen molar-refractivity contribution in [3.63, 3.8) is 0 Å². The summed E-state index contributed by atoms with van der Waals surface area (Å²) in [5, 5.41) is 14.6. The van der Waals surface area contributed by atoms with Crippen LogP contribution in [-0.2, 0) is 0 Å². The molecule has 4 aromatic rings. The highest BCUT2D eigenvalue weighted by atomic mass is 16.5. The van der Waals surface area contributed by atoms with E-state index in [9.17, 15) is 9.90 Å². The molecule has 1 atom stereocenters. The minimum Gasteiger partial charge on any atom is -0.490 e. The molecule has 1 aliphatic heterocycles. The van der Waals surface area contributed by atoms with Crippen LogP contribution in [0.5, 0.6) is 11.6 Å². The molecule has 0 amide bonds. The van der Waals surface area contributed by atoms with Gasteiger partial charge in [0.2, 0.25) is 11.5 Å².